The maximum Gasteiger partial charge on any atom is 0.353 e. The first kappa shape index (κ1) is 24.9. The highest BCUT2D eigenvalue weighted by atomic mass is 32.2. The van der Waals surface area contributed by atoms with Crippen molar-refractivity contribution in [2.75, 3.05) is 26.4 Å². The van der Waals surface area contributed by atoms with E-state index < -0.39 is 18.0 Å². The van der Waals surface area contributed by atoms with Crippen molar-refractivity contribution in [3.8, 4) is 0 Å². The minimum atomic E-state index is -1.11. The predicted octanol–water partition coefficient (Wildman–Crippen LogP) is -0.529. The van der Waals surface area contributed by atoms with Crippen LogP contribution in [0.1, 0.15) is 20.3 Å². The molecular formula is C20H29N7O5S2. The van der Waals surface area contributed by atoms with Gasteiger partial charge in [-0.1, -0.05) is 18.7 Å². The Bertz CT molecular complexity index is 1010. The van der Waals surface area contributed by atoms with Gasteiger partial charge in [-0.25, -0.2) is 9.48 Å². The van der Waals surface area contributed by atoms with Crippen molar-refractivity contribution < 1.29 is 24.6 Å². The van der Waals surface area contributed by atoms with Gasteiger partial charge >= 0.3 is 5.97 Å². The molecule has 2 fully saturated rings. The molecule has 0 unspecified atom stereocenters. The Kier molecular flexibility index (Phi) is 7.22. The highest BCUT2D eigenvalue weighted by molar-refractivity contribution is 8.03. The number of aliphatic carboxylic acids is 1. The third kappa shape index (κ3) is 4.55. The maximum absolute atomic E-state index is 12.5. The van der Waals surface area contributed by atoms with Gasteiger partial charge in [0.25, 0.3) is 0 Å². The van der Waals surface area contributed by atoms with E-state index in [9.17, 15) is 24.6 Å². The van der Waals surface area contributed by atoms with Crippen LogP contribution in [0.25, 0.3) is 0 Å². The van der Waals surface area contributed by atoms with Crippen LogP contribution in [-0.2, 0) is 20.9 Å². The third-order valence-electron chi connectivity index (χ3n) is 6.48. The molecule has 4 rings (SSSR count). The molecule has 3 N–H and O–H groups in total. The summed E-state index contributed by atoms with van der Waals surface area (Å²) < 4.78 is 1.48. The standard InChI is InChI=1S/C20H29N7O5S2/c1-9-15-14(10(2)28)18(30)27(15)16(19(31)32)17(9)34-12-5-11(21-6-12)8-33-20-22-23-24-26(20)7-13(29)25(3)4/h9-12,14-15,21,28H,5-8H2,1-4H3,(H,31,32)/t9-,10-,11+,12+,14-,15-/m1/s1. The Morgan fingerprint density at radius 3 is 2.74 bits per heavy atom. The molecule has 34 heavy (non-hydrogen) atoms. The average molecular weight is 512 g/mol. The summed E-state index contributed by atoms with van der Waals surface area (Å²) in [7, 11) is 3.36. The number of hydrogen-bond acceptors (Lipinski definition) is 10. The SMILES string of the molecule is C[C@@H](O)[C@H]1C(=O)N2C(C(=O)O)=C(S[C@@H]3CN[C@H](CSc4nnnn4CC(=O)N(C)C)C3)[C@H](C)[C@H]12. The van der Waals surface area contributed by atoms with Crippen LogP contribution in [0.3, 0.4) is 0 Å². The second kappa shape index (κ2) is 9.84. The van der Waals surface area contributed by atoms with Crippen LogP contribution in [0, 0.1) is 11.8 Å². The first-order valence-electron chi connectivity index (χ1n) is 11.1. The lowest BCUT2D eigenvalue weighted by Gasteiger charge is -2.46. The van der Waals surface area contributed by atoms with E-state index in [4.69, 9.17) is 0 Å². The lowest BCUT2D eigenvalue weighted by Crippen LogP contribution is -2.63. The van der Waals surface area contributed by atoms with Gasteiger partial charge in [0.05, 0.1) is 18.1 Å². The number of carbonyl (C=O) groups is 3. The summed E-state index contributed by atoms with van der Waals surface area (Å²) in [6.07, 6.45) is 0.00643. The zero-order chi connectivity index (χ0) is 24.7. The molecule has 0 aromatic carbocycles. The van der Waals surface area contributed by atoms with Gasteiger partial charge in [-0.2, -0.15) is 0 Å². The molecule has 3 aliphatic rings. The molecule has 14 heteroatoms. The van der Waals surface area contributed by atoms with Gasteiger partial charge in [0.15, 0.2) is 0 Å². The molecular weight excluding hydrogens is 482 g/mol. The Balaban J connectivity index is 1.36. The highest BCUT2D eigenvalue weighted by Gasteiger charge is 2.60. The smallest absolute Gasteiger partial charge is 0.353 e. The number of aliphatic hydroxyl groups is 1. The molecule has 0 radical (unpaired) electrons. The molecule has 1 aromatic heterocycles. The number of hydrogen-bond donors (Lipinski definition) is 3. The number of rotatable bonds is 9. The van der Waals surface area contributed by atoms with Crippen molar-refractivity contribution >= 4 is 41.3 Å². The van der Waals surface area contributed by atoms with Gasteiger partial charge in [0, 0.05) is 48.5 Å². The van der Waals surface area contributed by atoms with Gasteiger partial charge in [0.2, 0.25) is 17.0 Å². The predicted molar refractivity (Wildman–Crippen MR) is 125 cm³/mol. The third-order valence-corrected chi connectivity index (χ3v) is 9.11. The van der Waals surface area contributed by atoms with E-state index in [0.29, 0.717) is 22.4 Å². The number of amides is 2. The molecule has 1 aromatic rings. The lowest BCUT2D eigenvalue weighted by atomic mass is 9.79. The van der Waals surface area contributed by atoms with Crippen molar-refractivity contribution in [2.45, 2.75) is 55.4 Å². The van der Waals surface area contributed by atoms with E-state index in [0.717, 1.165) is 6.42 Å². The van der Waals surface area contributed by atoms with Crippen LogP contribution in [0.2, 0.25) is 0 Å². The lowest BCUT2D eigenvalue weighted by molar-refractivity contribution is -0.163. The topological polar surface area (TPSA) is 154 Å². The van der Waals surface area contributed by atoms with Crippen molar-refractivity contribution in [1.82, 2.24) is 35.3 Å². The van der Waals surface area contributed by atoms with Gasteiger partial charge in [0.1, 0.15) is 12.2 Å². The number of nitrogens with one attached hydrogen (secondary N) is 1. The zero-order valence-electron chi connectivity index (χ0n) is 19.4. The first-order valence-corrected chi connectivity index (χ1v) is 12.9. The number of fused-ring (bicyclic) bond motifs is 1. The van der Waals surface area contributed by atoms with Crippen LogP contribution in [0.5, 0.6) is 0 Å². The van der Waals surface area contributed by atoms with Gasteiger partial charge < -0.3 is 25.3 Å². The first-order chi connectivity index (χ1) is 16.1. The van der Waals surface area contributed by atoms with Crippen LogP contribution in [-0.4, -0.2) is 108 Å². The Labute approximate surface area is 205 Å². The van der Waals surface area contributed by atoms with Gasteiger partial charge in [-0.05, 0) is 23.8 Å². The molecule has 0 saturated carbocycles. The molecule has 0 spiro atoms. The minimum absolute atomic E-state index is 0.0620. The normalized spacial score (nSPS) is 29.3. The summed E-state index contributed by atoms with van der Waals surface area (Å²) in [6, 6.07) is -0.128. The molecule has 3 aliphatic heterocycles. The second-order valence-corrected chi connectivity index (χ2v) is 11.4. The summed E-state index contributed by atoms with van der Waals surface area (Å²) in [5, 5.41) is 35.6. The number of likely N-dealkylation sites (N-methyl/N-ethyl adjacent to an activating group) is 1. The summed E-state index contributed by atoms with van der Waals surface area (Å²) >= 11 is 2.99. The van der Waals surface area contributed by atoms with Gasteiger partial charge in [-0.3, -0.25) is 9.59 Å². The molecule has 186 valence electrons. The fourth-order valence-electron chi connectivity index (χ4n) is 4.70. The number of aromatic nitrogens is 4. The van der Waals surface area contributed by atoms with E-state index in [2.05, 4.69) is 20.8 Å². The van der Waals surface area contributed by atoms with E-state index in [-0.39, 0.29) is 47.3 Å². The largest absolute Gasteiger partial charge is 0.477 e. The number of nitrogens with zero attached hydrogens (tertiary/aromatic N) is 6. The quantitative estimate of drug-likeness (QED) is 0.290. The molecule has 2 saturated heterocycles. The number of tetrazole rings is 1. The molecule has 2 amide bonds. The summed E-state index contributed by atoms with van der Waals surface area (Å²) in [4.78, 5) is 40.0. The van der Waals surface area contributed by atoms with Crippen LogP contribution >= 0.6 is 23.5 Å². The van der Waals surface area contributed by atoms with Crippen molar-refractivity contribution in [2.24, 2.45) is 11.8 Å². The monoisotopic (exact) mass is 511 g/mol. The van der Waals surface area contributed by atoms with Crippen molar-refractivity contribution in [1.29, 1.82) is 0 Å². The number of thioether (sulfide) groups is 2. The molecule has 4 heterocycles. The van der Waals surface area contributed by atoms with Crippen LogP contribution < -0.4 is 5.32 Å². The van der Waals surface area contributed by atoms with Crippen LogP contribution in [0.15, 0.2) is 15.8 Å². The van der Waals surface area contributed by atoms with E-state index in [1.54, 1.807) is 21.0 Å². The average Bonchev–Trinajstić information content (AvgIpc) is 3.45. The maximum atomic E-state index is 12.5. The van der Waals surface area contributed by atoms with E-state index in [1.165, 1.54) is 38.0 Å². The Hall–Kier alpha value is -2.16. The molecule has 12 nitrogen and oxygen atoms in total. The zero-order valence-corrected chi connectivity index (χ0v) is 21.0. The minimum Gasteiger partial charge on any atom is -0.477 e. The molecule has 0 aliphatic carbocycles. The number of carbonyl (C=O) groups excluding carboxylic acids is 2. The summed E-state index contributed by atoms with van der Waals surface area (Å²) in [5.74, 6) is -1.51. The van der Waals surface area contributed by atoms with Crippen molar-refractivity contribution in [3.63, 3.8) is 0 Å². The summed E-state index contributed by atoms with van der Waals surface area (Å²) in [6.45, 7) is 4.30. The number of carboxylic acid groups (broad SMARTS) is 1. The fourth-order valence-corrected chi connectivity index (χ4v) is 7.17. The van der Waals surface area contributed by atoms with Crippen LogP contribution in [0.4, 0.5) is 0 Å². The fraction of sp³-hybridized carbons (Fsp3) is 0.700. The number of β-lactam (4-membered cyclic amide) rings is 1. The highest BCUT2D eigenvalue weighted by Crippen LogP contribution is 2.51. The van der Waals surface area contributed by atoms with Crippen molar-refractivity contribution in [3.05, 3.63) is 10.6 Å². The summed E-state index contributed by atoms with van der Waals surface area (Å²) in [5.41, 5.74) is 0.0620. The number of carboxylic acids is 1. The Morgan fingerprint density at radius 2 is 2.09 bits per heavy atom. The second-order valence-electron chi connectivity index (χ2n) is 9.07. The van der Waals surface area contributed by atoms with E-state index in [1.807, 2.05) is 6.92 Å². The van der Waals surface area contributed by atoms with E-state index >= 15 is 0 Å². The number of aliphatic hydroxyl groups excluding tert-OH is 1. The molecule has 0 bridgehead atoms. The Morgan fingerprint density at radius 1 is 1.35 bits per heavy atom. The van der Waals surface area contributed by atoms with Gasteiger partial charge in [-0.15, -0.1) is 16.9 Å². The molecule has 6 atom stereocenters.